The zero-order chi connectivity index (χ0) is 12.5. The van der Waals surface area contributed by atoms with E-state index in [9.17, 15) is 4.79 Å². The molecule has 0 amide bonds. The predicted molar refractivity (Wildman–Crippen MR) is 73.3 cm³/mol. The fourth-order valence-electron chi connectivity index (χ4n) is 2.62. The van der Waals surface area contributed by atoms with Crippen LogP contribution in [0.1, 0.15) is 52.3 Å². The molecule has 0 bridgehead atoms. The number of benzene rings is 1. The van der Waals surface area contributed by atoms with Gasteiger partial charge in [-0.15, -0.1) is 11.3 Å². The van der Waals surface area contributed by atoms with Crippen LogP contribution in [0.25, 0.3) is 0 Å². The maximum atomic E-state index is 11.3. The van der Waals surface area contributed by atoms with Crippen LogP contribution in [-0.2, 0) is 6.42 Å². The summed E-state index contributed by atoms with van der Waals surface area (Å²) in [6.07, 6.45) is 3.51. The van der Waals surface area contributed by atoms with Crippen LogP contribution in [0.15, 0.2) is 29.6 Å². The number of nitrogens with zero attached hydrogens (tertiary/aromatic N) is 1. The number of fused-ring (bicyclic) bond motifs is 1. The molecule has 0 spiro atoms. The molecular formula is C15H15NOS. The molecule has 3 rings (SSSR count). The molecule has 1 aliphatic carbocycles. The van der Waals surface area contributed by atoms with Gasteiger partial charge in [0.25, 0.3) is 0 Å². The summed E-state index contributed by atoms with van der Waals surface area (Å²) in [6, 6.07) is 8.61. The summed E-state index contributed by atoms with van der Waals surface area (Å²) in [7, 11) is 0. The van der Waals surface area contributed by atoms with E-state index in [0.29, 0.717) is 11.6 Å². The highest BCUT2D eigenvalue weighted by Crippen LogP contribution is 2.37. The van der Waals surface area contributed by atoms with E-state index in [-0.39, 0.29) is 5.78 Å². The molecule has 2 aromatic rings. The first-order valence-electron chi connectivity index (χ1n) is 6.30. The molecule has 0 radical (unpaired) electrons. The lowest BCUT2D eigenvalue weighted by Gasteiger charge is -2.23. The van der Waals surface area contributed by atoms with Crippen molar-refractivity contribution < 1.29 is 4.79 Å². The number of rotatable bonds is 2. The number of hydrogen-bond acceptors (Lipinski definition) is 3. The first-order chi connectivity index (χ1) is 8.75. The summed E-state index contributed by atoms with van der Waals surface area (Å²) >= 11 is 1.62. The Morgan fingerprint density at radius 3 is 3.00 bits per heavy atom. The van der Waals surface area contributed by atoms with Crippen molar-refractivity contribution in [2.75, 3.05) is 0 Å². The minimum Gasteiger partial charge on any atom is -0.293 e. The smallest absolute Gasteiger partial charge is 0.178 e. The fraction of sp³-hybridized carbons (Fsp3) is 0.333. The van der Waals surface area contributed by atoms with Gasteiger partial charge in [0.2, 0.25) is 0 Å². The highest BCUT2D eigenvalue weighted by molar-refractivity contribution is 7.10. The highest BCUT2D eigenvalue weighted by atomic mass is 32.1. The van der Waals surface area contributed by atoms with E-state index < -0.39 is 0 Å². The Morgan fingerprint density at radius 2 is 2.22 bits per heavy atom. The van der Waals surface area contributed by atoms with Gasteiger partial charge in [0, 0.05) is 18.2 Å². The Labute approximate surface area is 111 Å². The molecule has 0 fully saturated rings. The van der Waals surface area contributed by atoms with Gasteiger partial charge in [0.1, 0.15) is 10.7 Å². The summed E-state index contributed by atoms with van der Waals surface area (Å²) in [6.45, 7) is 1.58. The molecular weight excluding hydrogens is 242 g/mol. The summed E-state index contributed by atoms with van der Waals surface area (Å²) in [5.74, 6) is 0.439. The number of aromatic nitrogens is 1. The minimum atomic E-state index is 0.0570. The van der Waals surface area contributed by atoms with Gasteiger partial charge in [-0.05, 0) is 30.4 Å². The number of hydrogen-bond donors (Lipinski definition) is 0. The van der Waals surface area contributed by atoms with Gasteiger partial charge in [-0.25, -0.2) is 4.98 Å². The van der Waals surface area contributed by atoms with Crippen LogP contribution in [0.5, 0.6) is 0 Å². The molecule has 1 atom stereocenters. The predicted octanol–water partition coefficient (Wildman–Crippen LogP) is 3.81. The molecule has 18 heavy (non-hydrogen) atoms. The molecule has 0 aliphatic heterocycles. The summed E-state index contributed by atoms with van der Waals surface area (Å²) in [5, 5.41) is 2.97. The van der Waals surface area contributed by atoms with Crippen molar-refractivity contribution >= 4 is 17.1 Å². The van der Waals surface area contributed by atoms with Crippen molar-refractivity contribution in [2.24, 2.45) is 0 Å². The highest BCUT2D eigenvalue weighted by Gasteiger charge is 2.24. The molecule has 0 N–H and O–H groups in total. The van der Waals surface area contributed by atoms with E-state index in [4.69, 9.17) is 0 Å². The number of Topliss-reactive ketones (excluding diaryl/α,β-unsaturated/α-hetero) is 1. The van der Waals surface area contributed by atoms with Crippen molar-refractivity contribution in [1.82, 2.24) is 4.98 Å². The van der Waals surface area contributed by atoms with E-state index in [1.54, 1.807) is 18.3 Å². The third-order valence-electron chi connectivity index (χ3n) is 3.55. The lowest BCUT2D eigenvalue weighted by atomic mass is 9.83. The van der Waals surface area contributed by atoms with E-state index in [0.717, 1.165) is 17.8 Å². The van der Waals surface area contributed by atoms with E-state index >= 15 is 0 Å². The van der Waals surface area contributed by atoms with E-state index in [2.05, 4.69) is 29.2 Å². The third-order valence-corrected chi connectivity index (χ3v) is 4.51. The van der Waals surface area contributed by atoms with Crippen molar-refractivity contribution in [3.8, 4) is 0 Å². The van der Waals surface area contributed by atoms with Gasteiger partial charge in [-0.1, -0.05) is 24.3 Å². The number of aryl methyl sites for hydroxylation is 1. The van der Waals surface area contributed by atoms with Gasteiger partial charge in [-0.2, -0.15) is 0 Å². The van der Waals surface area contributed by atoms with Crippen LogP contribution in [0, 0.1) is 0 Å². The first-order valence-corrected chi connectivity index (χ1v) is 7.18. The number of carbonyl (C=O) groups is 1. The van der Waals surface area contributed by atoms with Gasteiger partial charge in [0.15, 0.2) is 5.78 Å². The number of carbonyl (C=O) groups excluding carboxylic acids is 1. The Kier molecular flexibility index (Phi) is 3.00. The molecule has 1 heterocycles. The summed E-state index contributed by atoms with van der Waals surface area (Å²) in [4.78, 5) is 15.8. The van der Waals surface area contributed by atoms with Crippen LogP contribution >= 0.6 is 11.3 Å². The maximum absolute atomic E-state index is 11.3. The summed E-state index contributed by atoms with van der Waals surface area (Å²) in [5.41, 5.74) is 3.44. The molecule has 1 aromatic carbocycles. The Hall–Kier alpha value is -1.48. The van der Waals surface area contributed by atoms with Gasteiger partial charge in [-0.3, -0.25) is 4.79 Å². The Balaban J connectivity index is 2.00. The Morgan fingerprint density at radius 1 is 1.39 bits per heavy atom. The molecule has 0 saturated carbocycles. The molecule has 0 saturated heterocycles. The summed E-state index contributed by atoms with van der Waals surface area (Å²) < 4.78 is 0. The van der Waals surface area contributed by atoms with Gasteiger partial charge >= 0.3 is 0 Å². The molecule has 1 aromatic heterocycles. The largest absolute Gasteiger partial charge is 0.293 e. The van der Waals surface area contributed by atoms with Crippen LogP contribution in [-0.4, -0.2) is 10.8 Å². The normalized spacial score (nSPS) is 18.4. The first kappa shape index (κ1) is 11.6. The number of thiazole rings is 1. The lowest BCUT2D eigenvalue weighted by molar-refractivity contribution is 0.101. The molecule has 1 unspecified atom stereocenters. The second-order valence-corrected chi connectivity index (χ2v) is 5.66. The van der Waals surface area contributed by atoms with Crippen molar-refractivity contribution in [1.29, 1.82) is 0 Å². The van der Waals surface area contributed by atoms with Crippen molar-refractivity contribution in [3.63, 3.8) is 0 Å². The zero-order valence-corrected chi connectivity index (χ0v) is 11.2. The molecule has 1 aliphatic rings. The third kappa shape index (κ3) is 1.99. The van der Waals surface area contributed by atoms with E-state index in [1.165, 1.54) is 17.5 Å². The molecule has 92 valence electrons. The quantitative estimate of drug-likeness (QED) is 0.766. The maximum Gasteiger partial charge on any atom is 0.178 e. The van der Waals surface area contributed by atoms with Crippen molar-refractivity contribution in [2.45, 2.75) is 32.1 Å². The van der Waals surface area contributed by atoms with Crippen LogP contribution in [0.2, 0.25) is 0 Å². The second-order valence-electron chi connectivity index (χ2n) is 4.77. The van der Waals surface area contributed by atoms with Gasteiger partial charge in [0.05, 0.1) is 0 Å². The van der Waals surface area contributed by atoms with E-state index in [1.807, 2.05) is 5.38 Å². The zero-order valence-electron chi connectivity index (χ0n) is 10.3. The molecule has 2 nitrogen and oxygen atoms in total. The van der Waals surface area contributed by atoms with Crippen LogP contribution in [0.4, 0.5) is 0 Å². The lowest BCUT2D eigenvalue weighted by Crippen LogP contribution is -2.10. The topological polar surface area (TPSA) is 30.0 Å². The standard InChI is InChI=1S/C15H15NOS/c1-10(17)14-9-18-15(16-14)13-8-4-6-11-5-2-3-7-12(11)13/h2-3,5,7,9,13H,4,6,8H2,1H3. The average molecular weight is 257 g/mol. The second kappa shape index (κ2) is 4.65. The number of ketones is 1. The fourth-order valence-corrected chi connectivity index (χ4v) is 3.63. The van der Waals surface area contributed by atoms with Gasteiger partial charge < -0.3 is 0 Å². The average Bonchev–Trinajstić information content (AvgIpc) is 2.87. The monoisotopic (exact) mass is 257 g/mol. The van der Waals surface area contributed by atoms with Crippen LogP contribution < -0.4 is 0 Å². The van der Waals surface area contributed by atoms with Crippen molar-refractivity contribution in [3.05, 3.63) is 51.5 Å². The SMILES string of the molecule is CC(=O)c1csc(C2CCCc3ccccc32)n1. The van der Waals surface area contributed by atoms with Crippen LogP contribution in [0.3, 0.4) is 0 Å². The Bertz CT molecular complexity index is 588. The molecule has 3 heteroatoms. The minimum absolute atomic E-state index is 0.0570.